The smallest absolute Gasteiger partial charge is 0.355 e. The molecule has 0 saturated heterocycles. The largest absolute Gasteiger partial charge is 0.454 e. The summed E-state index contributed by atoms with van der Waals surface area (Å²) in [7, 11) is 0. The molecule has 0 spiro atoms. The highest BCUT2D eigenvalue weighted by atomic mass is 16.7. The molecule has 0 bridgehead atoms. The number of ether oxygens (including phenoxy) is 3. The molecule has 126 valence electrons. The third kappa shape index (κ3) is 3.51. The van der Waals surface area contributed by atoms with Crippen LogP contribution in [0.15, 0.2) is 36.5 Å². The second-order valence-corrected chi connectivity index (χ2v) is 5.26. The average molecular weight is 330 g/mol. The van der Waals surface area contributed by atoms with Crippen LogP contribution >= 0.6 is 0 Å². The molecule has 0 fully saturated rings. The lowest BCUT2D eigenvalue weighted by molar-refractivity contribution is -0.134. The van der Waals surface area contributed by atoms with E-state index in [0.717, 1.165) is 5.56 Å². The molecule has 2 heterocycles. The number of rotatable bonds is 6. The Balaban J connectivity index is 1.57. The van der Waals surface area contributed by atoms with Crippen molar-refractivity contribution in [3.05, 3.63) is 47.8 Å². The number of nitrogens with zero attached hydrogens (tertiary/aromatic N) is 1. The summed E-state index contributed by atoms with van der Waals surface area (Å²) in [6.45, 7) is 2.71. The van der Waals surface area contributed by atoms with Gasteiger partial charge in [0.05, 0.1) is 0 Å². The molecule has 0 radical (unpaired) electrons. The highest BCUT2D eigenvalue weighted by Gasteiger charge is 2.18. The van der Waals surface area contributed by atoms with E-state index >= 15 is 0 Å². The zero-order valence-corrected chi connectivity index (χ0v) is 13.3. The number of nitrogens with one attached hydrogen (secondary N) is 1. The molecular weight excluding hydrogens is 312 g/mol. The van der Waals surface area contributed by atoms with Crippen molar-refractivity contribution in [3.63, 3.8) is 0 Å². The molecule has 1 aromatic heterocycles. The maximum absolute atomic E-state index is 12.3. The van der Waals surface area contributed by atoms with Crippen LogP contribution in [0.1, 0.15) is 23.0 Å². The summed E-state index contributed by atoms with van der Waals surface area (Å²) in [5, 5.41) is 0. The van der Waals surface area contributed by atoms with Gasteiger partial charge >= 0.3 is 5.97 Å². The van der Waals surface area contributed by atoms with Crippen molar-refractivity contribution in [2.24, 2.45) is 0 Å². The van der Waals surface area contributed by atoms with E-state index in [2.05, 4.69) is 4.98 Å². The molecule has 1 aliphatic heterocycles. The van der Waals surface area contributed by atoms with Gasteiger partial charge in [0.1, 0.15) is 5.69 Å². The fourth-order valence-electron chi connectivity index (χ4n) is 2.39. The van der Waals surface area contributed by atoms with Gasteiger partial charge in [0, 0.05) is 19.3 Å². The number of aromatic nitrogens is 1. The van der Waals surface area contributed by atoms with E-state index in [4.69, 9.17) is 14.2 Å². The summed E-state index contributed by atoms with van der Waals surface area (Å²) in [5.41, 5.74) is 1.24. The Kier molecular flexibility index (Phi) is 4.69. The van der Waals surface area contributed by atoms with Crippen LogP contribution in [0.2, 0.25) is 0 Å². The Morgan fingerprint density at radius 1 is 1.25 bits per heavy atom. The molecule has 7 nitrogen and oxygen atoms in total. The van der Waals surface area contributed by atoms with Crippen LogP contribution < -0.4 is 9.47 Å². The van der Waals surface area contributed by atoms with Gasteiger partial charge in [-0.1, -0.05) is 6.07 Å². The number of aromatic amines is 1. The first-order chi connectivity index (χ1) is 11.7. The summed E-state index contributed by atoms with van der Waals surface area (Å²) >= 11 is 0. The Morgan fingerprint density at radius 3 is 2.83 bits per heavy atom. The lowest BCUT2D eigenvalue weighted by Crippen LogP contribution is -2.34. The van der Waals surface area contributed by atoms with Gasteiger partial charge in [0.25, 0.3) is 5.91 Å². The number of fused-ring (bicyclic) bond motifs is 1. The summed E-state index contributed by atoms with van der Waals surface area (Å²) < 4.78 is 15.6. The predicted octanol–water partition coefficient (Wildman–Crippen LogP) is 1.95. The fraction of sp³-hybridized carbons (Fsp3) is 0.294. The summed E-state index contributed by atoms with van der Waals surface area (Å²) in [4.78, 5) is 28.4. The molecule has 7 heteroatoms. The highest BCUT2D eigenvalue weighted by molar-refractivity contribution is 5.89. The molecule has 1 aliphatic rings. The number of hydrogen-bond acceptors (Lipinski definition) is 5. The number of amides is 1. The molecule has 0 aliphatic carbocycles. The van der Waals surface area contributed by atoms with Crippen molar-refractivity contribution in [2.45, 2.75) is 13.5 Å². The third-order valence-electron chi connectivity index (χ3n) is 3.69. The molecule has 24 heavy (non-hydrogen) atoms. The maximum Gasteiger partial charge on any atom is 0.355 e. The van der Waals surface area contributed by atoms with E-state index in [1.165, 1.54) is 0 Å². The van der Waals surface area contributed by atoms with Gasteiger partial charge in [-0.25, -0.2) is 4.79 Å². The van der Waals surface area contributed by atoms with Gasteiger partial charge < -0.3 is 24.1 Å². The van der Waals surface area contributed by atoms with E-state index in [1.807, 2.05) is 25.1 Å². The third-order valence-corrected chi connectivity index (χ3v) is 3.69. The van der Waals surface area contributed by atoms with Crippen LogP contribution in [0.3, 0.4) is 0 Å². The number of carbonyl (C=O) groups excluding carboxylic acids is 2. The Bertz CT molecular complexity index is 727. The van der Waals surface area contributed by atoms with E-state index in [9.17, 15) is 9.59 Å². The van der Waals surface area contributed by atoms with E-state index in [1.54, 1.807) is 23.2 Å². The standard InChI is InChI=1S/C17H18N2O5/c1-2-19(9-12-5-6-14-15(8-12)24-11-23-14)16(20)10-22-17(21)13-4-3-7-18-13/h3-8,18H,2,9-11H2,1H3. The van der Waals surface area contributed by atoms with Crippen molar-refractivity contribution in [3.8, 4) is 11.5 Å². The zero-order valence-electron chi connectivity index (χ0n) is 13.3. The van der Waals surface area contributed by atoms with Crippen LogP contribution in [0.25, 0.3) is 0 Å². The first-order valence-electron chi connectivity index (χ1n) is 7.64. The fourth-order valence-corrected chi connectivity index (χ4v) is 2.39. The van der Waals surface area contributed by atoms with Crippen LogP contribution in [-0.2, 0) is 16.1 Å². The van der Waals surface area contributed by atoms with Gasteiger partial charge in [0.2, 0.25) is 6.79 Å². The highest BCUT2D eigenvalue weighted by Crippen LogP contribution is 2.32. The maximum atomic E-state index is 12.3. The van der Waals surface area contributed by atoms with Gasteiger partial charge in [-0.15, -0.1) is 0 Å². The molecule has 0 atom stereocenters. The van der Waals surface area contributed by atoms with Gasteiger partial charge in [-0.2, -0.15) is 0 Å². The van der Waals surface area contributed by atoms with Crippen molar-refractivity contribution < 1.29 is 23.8 Å². The van der Waals surface area contributed by atoms with Gasteiger partial charge in [-0.3, -0.25) is 4.79 Å². The van der Waals surface area contributed by atoms with Crippen molar-refractivity contribution >= 4 is 11.9 Å². The topological polar surface area (TPSA) is 80.9 Å². The monoisotopic (exact) mass is 330 g/mol. The van der Waals surface area contributed by atoms with Crippen LogP contribution in [0.4, 0.5) is 0 Å². The predicted molar refractivity (Wildman–Crippen MR) is 84.7 cm³/mol. The summed E-state index contributed by atoms with van der Waals surface area (Å²) in [5.74, 6) is 0.574. The number of H-pyrrole nitrogens is 1. The zero-order chi connectivity index (χ0) is 16.9. The summed E-state index contributed by atoms with van der Waals surface area (Å²) in [6, 6.07) is 8.84. The van der Waals surface area contributed by atoms with Crippen molar-refractivity contribution in [1.29, 1.82) is 0 Å². The lowest BCUT2D eigenvalue weighted by atomic mass is 10.2. The van der Waals surface area contributed by atoms with Crippen LogP contribution in [0, 0.1) is 0 Å². The first kappa shape index (κ1) is 15.9. The molecule has 3 rings (SSSR count). The number of hydrogen-bond donors (Lipinski definition) is 1. The van der Waals surface area contributed by atoms with E-state index in [-0.39, 0.29) is 19.3 Å². The average Bonchev–Trinajstić information content (AvgIpc) is 3.27. The molecular formula is C17H18N2O5. The van der Waals surface area contributed by atoms with Gasteiger partial charge in [-0.05, 0) is 36.8 Å². The van der Waals surface area contributed by atoms with Gasteiger partial charge in [0.15, 0.2) is 18.1 Å². The number of carbonyl (C=O) groups is 2. The van der Waals surface area contributed by atoms with Crippen molar-refractivity contribution in [1.82, 2.24) is 9.88 Å². The second kappa shape index (κ2) is 7.08. The Hall–Kier alpha value is -2.96. The minimum Gasteiger partial charge on any atom is -0.454 e. The Labute approximate surface area is 139 Å². The minimum absolute atomic E-state index is 0.212. The lowest BCUT2D eigenvalue weighted by Gasteiger charge is -2.21. The summed E-state index contributed by atoms with van der Waals surface area (Å²) in [6.07, 6.45) is 1.62. The second-order valence-electron chi connectivity index (χ2n) is 5.26. The number of likely N-dealkylation sites (N-methyl/N-ethyl adjacent to an activating group) is 1. The first-order valence-corrected chi connectivity index (χ1v) is 7.64. The minimum atomic E-state index is -0.549. The molecule has 1 aromatic carbocycles. The SMILES string of the molecule is CCN(Cc1ccc2c(c1)OCO2)C(=O)COC(=O)c1ccc[nH]1. The molecule has 0 unspecified atom stereocenters. The van der Waals surface area contributed by atoms with E-state index in [0.29, 0.717) is 30.3 Å². The normalized spacial score (nSPS) is 12.0. The quantitative estimate of drug-likeness (QED) is 0.819. The van der Waals surface area contributed by atoms with Crippen molar-refractivity contribution in [2.75, 3.05) is 19.9 Å². The molecule has 1 amide bonds. The molecule has 1 N–H and O–H groups in total. The Morgan fingerprint density at radius 2 is 2.08 bits per heavy atom. The number of esters is 1. The van der Waals surface area contributed by atoms with Crippen LogP contribution in [0.5, 0.6) is 11.5 Å². The van der Waals surface area contributed by atoms with E-state index < -0.39 is 5.97 Å². The molecule has 2 aromatic rings. The van der Waals surface area contributed by atoms with Crippen LogP contribution in [-0.4, -0.2) is 41.7 Å². The number of benzene rings is 1. The molecule has 0 saturated carbocycles.